The van der Waals surface area contributed by atoms with E-state index in [1.54, 1.807) is 47.2 Å². The van der Waals surface area contributed by atoms with Gasteiger partial charge in [0, 0.05) is 23.9 Å². The molecule has 36 heavy (non-hydrogen) atoms. The molecule has 0 saturated heterocycles. The van der Waals surface area contributed by atoms with Gasteiger partial charge in [0.15, 0.2) is 17.5 Å². The van der Waals surface area contributed by atoms with E-state index in [2.05, 4.69) is 10.3 Å². The number of esters is 1. The first kappa shape index (κ1) is 24.9. The van der Waals surface area contributed by atoms with Crippen molar-refractivity contribution in [3.8, 4) is 0 Å². The van der Waals surface area contributed by atoms with Gasteiger partial charge in [0.25, 0.3) is 0 Å². The van der Waals surface area contributed by atoms with E-state index in [1.165, 1.54) is 13.4 Å². The lowest BCUT2D eigenvalue weighted by atomic mass is 10.0. The van der Waals surface area contributed by atoms with Crippen LogP contribution in [0.3, 0.4) is 0 Å². The van der Waals surface area contributed by atoms with Crippen molar-refractivity contribution in [1.29, 1.82) is 0 Å². The Labute approximate surface area is 212 Å². The standard InChI is InChI=1S/C26H23ClN4O5/c1-36-26(35)21-8-5-13-30(21)22(14-18-6-3-2-4-7-18)24(32)29-20-11-9-19(10-12-20)16-31(27)17-28-15-23(31)25(33)34/h2-13,15,17,22H,14,16H2,1H3,(H-,29,32,33,34)/t22?,31-/m1/s1. The Hall–Kier alpha value is -4.21. The van der Waals surface area contributed by atoms with Gasteiger partial charge >= 0.3 is 5.97 Å². The third-order valence-electron chi connectivity index (χ3n) is 5.77. The number of hydrogen-bond acceptors (Lipinski definition) is 6. The fraction of sp³-hybridized carbons (Fsp3) is 0.154. The smallest absolute Gasteiger partial charge is 0.354 e. The molecule has 2 atom stereocenters. The lowest BCUT2D eigenvalue weighted by Crippen LogP contribution is -2.41. The van der Waals surface area contributed by atoms with Gasteiger partial charge in [-0.15, -0.1) is 4.00 Å². The van der Waals surface area contributed by atoms with Gasteiger partial charge in [-0.1, -0.05) is 42.5 Å². The summed E-state index contributed by atoms with van der Waals surface area (Å²) in [5.41, 5.74) is 2.29. The zero-order valence-corrected chi connectivity index (χ0v) is 20.1. The van der Waals surface area contributed by atoms with Crippen molar-refractivity contribution in [2.75, 3.05) is 12.4 Å². The van der Waals surface area contributed by atoms with Gasteiger partial charge in [-0.25, -0.2) is 9.79 Å². The van der Waals surface area contributed by atoms with E-state index in [1.807, 2.05) is 30.3 Å². The molecule has 2 heterocycles. The minimum absolute atomic E-state index is 0.127. The zero-order valence-electron chi connectivity index (χ0n) is 19.3. The molecular weight excluding hydrogens is 484 g/mol. The number of aliphatic imine (C=N–C) groups is 1. The Morgan fingerprint density at radius 1 is 1.06 bits per heavy atom. The number of rotatable bonds is 9. The van der Waals surface area contributed by atoms with Crippen LogP contribution in [-0.4, -0.2) is 39.9 Å². The highest BCUT2D eigenvalue weighted by atomic mass is 35.5. The van der Waals surface area contributed by atoms with Crippen LogP contribution in [-0.2, 0) is 27.3 Å². The number of carboxylic acid groups (broad SMARTS) is 1. The summed E-state index contributed by atoms with van der Waals surface area (Å²) in [6.07, 6.45) is 4.50. The SMILES string of the molecule is COC(=O)c1cccn1C(Cc1ccccc1)C(=O)Nc1ccc(C[N@@+]2(Cl)C=NC=C2C(=O)[O-])cc1. The Kier molecular flexibility index (Phi) is 7.33. The van der Waals surface area contributed by atoms with Crippen LogP contribution in [0.5, 0.6) is 0 Å². The van der Waals surface area contributed by atoms with Crippen LogP contribution >= 0.6 is 11.8 Å². The molecule has 1 N–H and O–H groups in total. The number of carbonyl (C=O) groups excluding carboxylic acids is 3. The lowest BCUT2D eigenvalue weighted by molar-refractivity contribution is -0.678. The first-order chi connectivity index (χ1) is 17.3. The van der Waals surface area contributed by atoms with Crippen LogP contribution in [0, 0.1) is 0 Å². The molecule has 1 aliphatic heterocycles. The average Bonchev–Trinajstić information content (AvgIpc) is 3.51. The summed E-state index contributed by atoms with van der Waals surface area (Å²) in [5.74, 6) is -2.25. The molecular formula is C26H23ClN4O5. The number of aliphatic carboxylic acids is 1. The first-order valence-corrected chi connectivity index (χ1v) is 11.4. The summed E-state index contributed by atoms with van der Waals surface area (Å²) in [6.45, 7) is 0.127. The number of nitrogens with one attached hydrogen (secondary N) is 1. The largest absolute Gasteiger partial charge is 0.540 e. The normalized spacial score (nSPS) is 17.3. The number of hydrogen-bond donors (Lipinski definition) is 1. The van der Waals surface area contributed by atoms with Crippen LogP contribution in [0.4, 0.5) is 5.69 Å². The molecule has 9 nitrogen and oxygen atoms in total. The molecule has 0 fully saturated rings. The minimum atomic E-state index is -1.40. The summed E-state index contributed by atoms with van der Waals surface area (Å²) in [7, 11) is 1.29. The molecule has 1 aromatic heterocycles. The van der Waals surface area contributed by atoms with Crippen molar-refractivity contribution in [2.24, 2.45) is 4.99 Å². The Morgan fingerprint density at radius 2 is 1.78 bits per heavy atom. The van der Waals surface area contributed by atoms with Crippen molar-refractivity contribution in [1.82, 2.24) is 4.57 Å². The van der Waals surface area contributed by atoms with Crippen LogP contribution in [0.25, 0.3) is 0 Å². The summed E-state index contributed by atoms with van der Waals surface area (Å²) in [4.78, 5) is 40.8. The fourth-order valence-corrected chi connectivity index (χ4v) is 4.28. The van der Waals surface area contributed by atoms with Crippen LogP contribution in [0.15, 0.2) is 89.8 Å². The van der Waals surface area contributed by atoms with E-state index in [9.17, 15) is 19.5 Å². The molecule has 4 rings (SSSR count). The first-order valence-electron chi connectivity index (χ1n) is 11.0. The highest BCUT2D eigenvalue weighted by Crippen LogP contribution is 2.28. The fourth-order valence-electron chi connectivity index (χ4n) is 3.98. The molecule has 0 bridgehead atoms. The van der Waals surface area contributed by atoms with Crippen LogP contribution < -0.4 is 10.4 Å². The van der Waals surface area contributed by atoms with E-state index in [0.29, 0.717) is 12.1 Å². The Balaban J connectivity index is 1.53. The second kappa shape index (κ2) is 10.6. The maximum absolute atomic E-state index is 13.4. The molecule has 2 aromatic carbocycles. The second-order valence-corrected chi connectivity index (χ2v) is 8.78. The minimum Gasteiger partial charge on any atom is -0.540 e. The molecule has 3 aromatic rings. The summed E-state index contributed by atoms with van der Waals surface area (Å²) < 4.78 is 5.93. The van der Waals surface area contributed by atoms with Crippen LogP contribution in [0.1, 0.15) is 27.7 Å². The number of quaternary nitrogens is 1. The molecule has 0 aliphatic carbocycles. The van der Waals surface area contributed by atoms with E-state index in [-0.39, 0.29) is 23.8 Å². The molecule has 1 unspecified atom stereocenters. The summed E-state index contributed by atoms with van der Waals surface area (Å²) in [6, 6.07) is 18.9. The predicted molar refractivity (Wildman–Crippen MR) is 131 cm³/mol. The molecule has 0 saturated carbocycles. The third kappa shape index (κ3) is 5.37. The van der Waals surface area contributed by atoms with Crippen molar-refractivity contribution in [3.05, 3.63) is 102 Å². The summed E-state index contributed by atoms with van der Waals surface area (Å²) >= 11 is 6.41. The number of nitrogens with zero attached hydrogens (tertiary/aromatic N) is 3. The van der Waals surface area contributed by atoms with Gasteiger partial charge in [-0.05, 0) is 29.8 Å². The summed E-state index contributed by atoms with van der Waals surface area (Å²) in [5, 5.41) is 14.2. The van der Waals surface area contributed by atoms with Gasteiger partial charge in [-0.3, -0.25) is 4.79 Å². The van der Waals surface area contributed by atoms with Gasteiger partial charge in [0.2, 0.25) is 12.2 Å². The average molecular weight is 507 g/mol. The second-order valence-electron chi connectivity index (χ2n) is 8.18. The van der Waals surface area contributed by atoms with Gasteiger partial charge < -0.3 is 24.5 Å². The molecule has 1 amide bonds. The quantitative estimate of drug-likeness (QED) is 0.354. The highest BCUT2D eigenvalue weighted by molar-refractivity contribution is 6.13. The predicted octanol–water partition coefficient (Wildman–Crippen LogP) is 2.80. The molecule has 0 spiro atoms. The molecule has 10 heteroatoms. The number of aromatic nitrogens is 1. The monoisotopic (exact) mass is 506 g/mol. The zero-order chi connectivity index (χ0) is 25.7. The number of carbonyl (C=O) groups is 3. The number of methoxy groups -OCH3 is 1. The van der Waals surface area contributed by atoms with Gasteiger partial charge in [0.05, 0.1) is 13.3 Å². The van der Waals surface area contributed by atoms with E-state index in [4.69, 9.17) is 16.5 Å². The molecule has 0 radical (unpaired) electrons. The van der Waals surface area contributed by atoms with E-state index < -0.39 is 22.0 Å². The van der Waals surface area contributed by atoms with Crippen molar-refractivity contribution in [2.45, 2.75) is 19.0 Å². The Morgan fingerprint density at radius 3 is 2.44 bits per heavy atom. The molecule has 1 aliphatic rings. The van der Waals surface area contributed by atoms with Crippen molar-refractivity contribution in [3.63, 3.8) is 0 Å². The number of anilines is 1. The van der Waals surface area contributed by atoms with Crippen LogP contribution in [0.2, 0.25) is 0 Å². The maximum Gasteiger partial charge on any atom is 0.354 e. The molecule has 184 valence electrons. The number of benzene rings is 2. The number of amides is 1. The van der Waals surface area contributed by atoms with Gasteiger partial charge in [0.1, 0.15) is 24.2 Å². The van der Waals surface area contributed by atoms with E-state index >= 15 is 0 Å². The highest BCUT2D eigenvalue weighted by Gasteiger charge is 2.35. The van der Waals surface area contributed by atoms with Crippen molar-refractivity contribution >= 4 is 41.6 Å². The number of ether oxygens (including phenoxy) is 1. The number of halogens is 1. The van der Waals surface area contributed by atoms with Crippen molar-refractivity contribution < 1.29 is 28.2 Å². The maximum atomic E-state index is 13.4. The Bertz CT molecular complexity index is 1330. The topological polar surface area (TPSA) is 113 Å². The number of carboxylic acids is 1. The van der Waals surface area contributed by atoms with Gasteiger partial charge in [-0.2, -0.15) is 0 Å². The van der Waals surface area contributed by atoms with E-state index in [0.717, 1.165) is 17.3 Å². The lowest BCUT2D eigenvalue weighted by Gasteiger charge is -2.23. The third-order valence-corrected chi connectivity index (χ3v) is 6.16.